The summed E-state index contributed by atoms with van der Waals surface area (Å²) in [5.74, 6) is -0.516. The molecule has 2 aliphatic rings. The molecule has 2 amide bonds. The summed E-state index contributed by atoms with van der Waals surface area (Å²) in [5.41, 5.74) is 0. The van der Waals surface area contributed by atoms with Crippen LogP contribution in [0.15, 0.2) is 25.3 Å². The third kappa shape index (κ3) is 2.44. The maximum atomic E-state index is 11.2. The lowest BCUT2D eigenvalue weighted by molar-refractivity contribution is -0.118. The summed E-state index contributed by atoms with van der Waals surface area (Å²) in [4.78, 5) is 22.5. The minimum atomic E-state index is -0.258. The summed E-state index contributed by atoms with van der Waals surface area (Å²) in [6.07, 6.45) is 1.95. The normalized spacial score (nSPS) is 33.6. The van der Waals surface area contributed by atoms with Crippen LogP contribution in [0, 0.1) is 0 Å². The Morgan fingerprint density at radius 2 is 1.33 bits per heavy atom. The number of fused-ring (bicyclic) bond motifs is 1. The van der Waals surface area contributed by atoms with Crippen molar-refractivity contribution in [2.24, 2.45) is 0 Å². The highest BCUT2D eigenvalue weighted by molar-refractivity contribution is 5.87. The van der Waals surface area contributed by atoms with Crippen molar-refractivity contribution in [3.63, 3.8) is 0 Å². The predicted molar refractivity (Wildman–Crippen MR) is 63.7 cm³/mol. The van der Waals surface area contributed by atoms with Crippen LogP contribution in [0.3, 0.4) is 0 Å². The van der Waals surface area contributed by atoms with Gasteiger partial charge in [0.2, 0.25) is 11.8 Å². The molecule has 6 nitrogen and oxygen atoms in total. The van der Waals surface area contributed by atoms with E-state index in [0.717, 1.165) is 0 Å². The molecule has 2 saturated heterocycles. The first-order valence-electron chi connectivity index (χ1n) is 5.74. The molecule has 0 spiro atoms. The van der Waals surface area contributed by atoms with Crippen molar-refractivity contribution in [2.45, 2.75) is 24.3 Å². The van der Waals surface area contributed by atoms with Gasteiger partial charge < -0.3 is 20.1 Å². The summed E-state index contributed by atoms with van der Waals surface area (Å²) in [6.45, 7) is 7.52. The first kappa shape index (κ1) is 12.8. The zero-order valence-electron chi connectivity index (χ0n) is 9.93. The quantitative estimate of drug-likeness (QED) is 0.637. The lowest BCUT2D eigenvalue weighted by Crippen LogP contribution is -2.46. The molecule has 0 saturated carbocycles. The van der Waals surface area contributed by atoms with E-state index in [-0.39, 0.29) is 36.1 Å². The van der Waals surface area contributed by atoms with Crippen LogP contribution in [0.1, 0.15) is 0 Å². The fraction of sp³-hybridized carbons (Fsp3) is 0.500. The van der Waals surface area contributed by atoms with Crippen LogP contribution in [-0.2, 0) is 19.1 Å². The molecule has 18 heavy (non-hydrogen) atoms. The molecule has 0 aromatic rings. The van der Waals surface area contributed by atoms with Crippen LogP contribution in [0.4, 0.5) is 0 Å². The van der Waals surface area contributed by atoms with E-state index in [4.69, 9.17) is 9.47 Å². The zero-order chi connectivity index (χ0) is 13.1. The summed E-state index contributed by atoms with van der Waals surface area (Å²) >= 11 is 0. The fourth-order valence-corrected chi connectivity index (χ4v) is 2.23. The largest absolute Gasteiger partial charge is 0.371 e. The molecule has 2 rings (SSSR count). The standard InChI is InChI=1S/C12H16N2O4/c1-3-9(15)13-7-5-17-12-8(6-18-11(7)12)14-10(16)4-2/h3-4,7-8,11-12H,1-2,5-6H2,(H,13,15)(H,14,16). The fourth-order valence-electron chi connectivity index (χ4n) is 2.23. The van der Waals surface area contributed by atoms with Crippen LogP contribution in [0.5, 0.6) is 0 Å². The second-order valence-electron chi connectivity index (χ2n) is 4.23. The van der Waals surface area contributed by atoms with Crippen molar-refractivity contribution in [1.29, 1.82) is 0 Å². The van der Waals surface area contributed by atoms with E-state index < -0.39 is 0 Å². The highest BCUT2D eigenvalue weighted by Crippen LogP contribution is 2.27. The van der Waals surface area contributed by atoms with E-state index in [1.165, 1.54) is 12.2 Å². The van der Waals surface area contributed by atoms with Crippen LogP contribution in [-0.4, -0.2) is 49.3 Å². The lowest BCUT2D eigenvalue weighted by Gasteiger charge is -2.17. The van der Waals surface area contributed by atoms with Crippen molar-refractivity contribution in [2.75, 3.05) is 13.2 Å². The van der Waals surface area contributed by atoms with Gasteiger partial charge in [0.1, 0.15) is 12.2 Å². The number of rotatable bonds is 4. The minimum absolute atomic E-state index is 0.203. The smallest absolute Gasteiger partial charge is 0.243 e. The van der Waals surface area contributed by atoms with E-state index in [1.54, 1.807) is 0 Å². The van der Waals surface area contributed by atoms with Crippen molar-refractivity contribution in [3.8, 4) is 0 Å². The van der Waals surface area contributed by atoms with Crippen LogP contribution >= 0.6 is 0 Å². The van der Waals surface area contributed by atoms with E-state index >= 15 is 0 Å². The summed E-state index contributed by atoms with van der Waals surface area (Å²) < 4.78 is 11.1. The van der Waals surface area contributed by atoms with Gasteiger partial charge >= 0.3 is 0 Å². The molecular formula is C12H16N2O4. The zero-order valence-corrected chi connectivity index (χ0v) is 9.93. The van der Waals surface area contributed by atoms with E-state index in [1.807, 2.05) is 0 Å². The van der Waals surface area contributed by atoms with Crippen molar-refractivity contribution < 1.29 is 19.1 Å². The Kier molecular flexibility index (Phi) is 3.78. The van der Waals surface area contributed by atoms with Crippen LogP contribution in [0.2, 0.25) is 0 Å². The second-order valence-corrected chi connectivity index (χ2v) is 4.23. The molecule has 4 atom stereocenters. The minimum Gasteiger partial charge on any atom is -0.371 e. The number of amides is 2. The summed E-state index contributed by atoms with van der Waals surface area (Å²) in [7, 11) is 0. The third-order valence-electron chi connectivity index (χ3n) is 3.08. The average Bonchev–Trinajstić information content (AvgIpc) is 2.93. The van der Waals surface area contributed by atoms with Gasteiger partial charge in [-0.2, -0.15) is 0 Å². The summed E-state index contributed by atoms with van der Waals surface area (Å²) in [5, 5.41) is 5.50. The highest BCUT2D eigenvalue weighted by atomic mass is 16.6. The first-order valence-corrected chi connectivity index (χ1v) is 5.74. The number of hydrogen-bond acceptors (Lipinski definition) is 4. The topological polar surface area (TPSA) is 76.7 Å². The Morgan fingerprint density at radius 3 is 1.67 bits per heavy atom. The van der Waals surface area contributed by atoms with Gasteiger partial charge in [-0.1, -0.05) is 13.2 Å². The second kappa shape index (κ2) is 5.32. The number of hydrogen-bond donors (Lipinski definition) is 2. The van der Waals surface area contributed by atoms with Crippen molar-refractivity contribution >= 4 is 11.8 Å². The first-order chi connectivity index (χ1) is 8.65. The molecule has 0 radical (unpaired) electrons. The van der Waals surface area contributed by atoms with Crippen molar-refractivity contribution in [3.05, 3.63) is 25.3 Å². The Balaban J connectivity index is 1.94. The maximum Gasteiger partial charge on any atom is 0.243 e. The van der Waals surface area contributed by atoms with E-state index in [9.17, 15) is 9.59 Å². The SMILES string of the molecule is C=CC(=O)NC1COC2C(NC(=O)C=C)COC12. The van der Waals surface area contributed by atoms with Gasteiger partial charge in [-0.25, -0.2) is 0 Å². The molecule has 2 N–H and O–H groups in total. The highest BCUT2D eigenvalue weighted by Gasteiger charge is 2.48. The molecular weight excluding hydrogens is 236 g/mol. The van der Waals surface area contributed by atoms with Gasteiger partial charge in [-0.3, -0.25) is 9.59 Å². The maximum absolute atomic E-state index is 11.2. The van der Waals surface area contributed by atoms with Crippen molar-refractivity contribution in [1.82, 2.24) is 10.6 Å². The van der Waals surface area contributed by atoms with Gasteiger partial charge in [0.25, 0.3) is 0 Å². The Bertz CT molecular complexity index is 346. The number of nitrogens with one attached hydrogen (secondary N) is 2. The number of carbonyl (C=O) groups excluding carboxylic acids is 2. The van der Waals surface area contributed by atoms with Crippen LogP contribution < -0.4 is 10.6 Å². The van der Waals surface area contributed by atoms with Gasteiger partial charge in [-0.15, -0.1) is 0 Å². The van der Waals surface area contributed by atoms with Gasteiger partial charge in [0.05, 0.1) is 25.3 Å². The molecule has 0 aromatic carbocycles. The molecule has 98 valence electrons. The number of carbonyl (C=O) groups is 2. The Morgan fingerprint density at radius 1 is 0.944 bits per heavy atom. The number of ether oxygens (including phenoxy) is 2. The molecule has 2 aliphatic heterocycles. The summed E-state index contributed by atoms with van der Waals surface area (Å²) in [6, 6.07) is -0.405. The molecule has 2 heterocycles. The molecule has 2 fully saturated rings. The molecule has 6 heteroatoms. The molecule has 0 aromatic heterocycles. The molecule has 0 bridgehead atoms. The van der Waals surface area contributed by atoms with Gasteiger partial charge in [0.15, 0.2) is 0 Å². The average molecular weight is 252 g/mol. The molecule has 0 aliphatic carbocycles. The van der Waals surface area contributed by atoms with Gasteiger partial charge in [0, 0.05) is 0 Å². The van der Waals surface area contributed by atoms with E-state index in [0.29, 0.717) is 13.2 Å². The lowest BCUT2D eigenvalue weighted by atomic mass is 10.1. The van der Waals surface area contributed by atoms with Crippen LogP contribution in [0.25, 0.3) is 0 Å². The monoisotopic (exact) mass is 252 g/mol. The Hall–Kier alpha value is -1.66. The van der Waals surface area contributed by atoms with Gasteiger partial charge in [-0.05, 0) is 12.2 Å². The predicted octanol–water partition coefficient (Wildman–Crippen LogP) is -0.874. The van der Waals surface area contributed by atoms with E-state index in [2.05, 4.69) is 23.8 Å². The third-order valence-corrected chi connectivity index (χ3v) is 3.08. The molecule has 4 unspecified atom stereocenters. The Labute approximate surface area is 105 Å².